The molecule has 0 spiro atoms. The van der Waals surface area contributed by atoms with E-state index in [2.05, 4.69) is 11.1 Å². The van der Waals surface area contributed by atoms with Crippen molar-refractivity contribution >= 4 is 11.5 Å². The first-order chi connectivity index (χ1) is 7.77. The average Bonchev–Trinajstić information content (AvgIpc) is 2.66. The Morgan fingerprint density at radius 2 is 2.19 bits per heavy atom. The number of para-hydroxylation sites is 1. The summed E-state index contributed by atoms with van der Waals surface area (Å²) in [5.74, 6) is -0.417. The van der Waals surface area contributed by atoms with E-state index in [-0.39, 0.29) is 11.8 Å². The number of carbonyl (C=O) groups is 1. The number of rotatable bonds is 1. The molecule has 0 bridgehead atoms. The third-order valence-corrected chi connectivity index (χ3v) is 3.20. The van der Waals surface area contributed by atoms with Gasteiger partial charge in [-0.25, -0.2) is 4.99 Å². The Hall–Kier alpha value is -1.90. The van der Waals surface area contributed by atoms with E-state index >= 15 is 0 Å². The van der Waals surface area contributed by atoms with Crippen LogP contribution < -0.4 is 16.3 Å². The normalized spacial score (nSPS) is 21.9. The van der Waals surface area contributed by atoms with E-state index in [1.165, 1.54) is 0 Å². The van der Waals surface area contributed by atoms with Gasteiger partial charge in [0.2, 0.25) is 5.91 Å². The maximum Gasteiger partial charge on any atom is 0.225 e. The molecule has 2 N–H and O–H groups in total. The van der Waals surface area contributed by atoms with E-state index in [1.807, 2.05) is 24.3 Å². The summed E-state index contributed by atoms with van der Waals surface area (Å²) in [6.07, 6.45) is 3.77. The minimum Gasteiger partial charge on any atom is -0.369 e. The number of hydrogen-bond acceptors (Lipinski definition) is 2. The molecular weight excluding hydrogens is 200 g/mol. The van der Waals surface area contributed by atoms with E-state index in [9.17, 15) is 4.79 Å². The van der Waals surface area contributed by atoms with Crippen molar-refractivity contribution in [2.75, 3.05) is 0 Å². The van der Waals surface area contributed by atoms with Crippen LogP contribution in [0.4, 0.5) is 0 Å². The van der Waals surface area contributed by atoms with Crippen molar-refractivity contribution in [3.05, 3.63) is 46.6 Å². The third-order valence-electron chi connectivity index (χ3n) is 3.20. The lowest BCUT2D eigenvalue weighted by Crippen LogP contribution is -2.31. The minimum absolute atomic E-state index is 0.174. The SMILES string of the molecule is NC(=O)C1CCC=C2N=c3ccccc3=C21. The second-order valence-corrected chi connectivity index (χ2v) is 4.16. The zero-order chi connectivity index (χ0) is 11.1. The number of nitrogens with zero attached hydrogens (tertiary/aromatic N) is 1. The molecule has 3 rings (SSSR count). The third kappa shape index (κ3) is 1.21. The first kappa shape index (κ1) is 9.33. The van der Waals surface area contributed by atoms with Gasteiger partial charge < -0.3 is 5.73 Å². The standard InChI is InChI=1S/C13H12N2O/c14-13(16)9-5-3-7-11-12(9)8-4-1-2-6-10(8)15-11/h1-2,4,6-7,9H,3,5H2,(H2,14,16). The topological polar surface area (TPSA) is 55.5 Å². The van der Waals surface area contributed by atoms with Crippen molar-refractivity contribution in [3.63, 3.8) is 0 Å². The van der Waals surface area contributed by atoms with Gasteiger partial charge in [-0.15, -0.1) is 0 Å². The smallest absolute Gasteiger partial charge is 0.225 e. The molecule has 16 heavy (non-hydrogen) atoms. The first-order valence-corrected chi connectivity index (χ1v) is 5.45. The van der Waals surface area contributed by atoms with Crippen LogP contribution in [-0.4, -0.2) is 5.91 Å². The van der Waals surface area contributed by atoms with Gasteiger partial charge in [0.15, 0.2) is 0 Å². The summed E-state index contributed by atoms with van der Waals surface area (Å²) in [6, 6.07) is 7.91. The van der Waals surface area contributed by atoms with Crippen LogP contribution in [0.25, 0.3) is 5.57 Å². The molecule has 0 saturated heterocycles. The molecule has 80 valence electrons. The molecule has 0 fully saturated rings. The van der Waals surface area contributed by atoms with Gasteiger partial charge in [-0.2, -0.15) is 0 Å². The van der Waals surface area contributed by atoms with Gasteiger partial charge >= 0.3 is 0 Å². The van der Waals surface area contributed by atoms with Gasteiger partial charge in [0.25, 0.3) is 0 Å². The fourth-order valence-electron chi connectivity index (χ4n) is 2.46. The molecule has 1 aliphatic heterocycles. The van der Waals surface area contributed by atoms with Gasteiger partial charge in [-0.05, 0) is 24.5 Å². The zero-order valence-electron chi connectivity index (χ0n) is 8.81. The van der Waals surface area contributed by atoms with Crippen LogP contribution in [0.5, 0.6) is 0 Å². The van der Waals surface area contributed by atoms with Gasteiger partial charge in [-0.3, -0.25) is 4.79 Å². The van der Waals surface area contributed by atoms with Crippen molar-refractivity contribution in [2.24, 2.45) is 16.6 Å². The highest BCUT2D eigenvalue weighted by Crippen LogP contribution is 2.31. The lowest BCUT2D eigenvalue weighted by atomic mass is 9.86. The summed E-state index contributed by atoms with van der Waals surface area (Å²) < 4.78 is 0. The predicted molar refractivity (Wildman–Crippen MR) is 60.6 cm³/mol. The van der Waals surface area contributed by atoms with E-state index in [0.29, 0.717) is 0 Å². The summed E-state index contributed by atoms with van der Waals surface area (Å²) in [4.78, 5) is 16.0. The summed E-state index contributed by atoms with van der Waals surface area (Å²) in [6.45, 7) is 0. The molecule has 2 aliphatic rings. The quantitative estimate of drug-likeness (QED) is 0.712. The van der Waals surface area contributed by atoms with Crippen LogP contribution in [0.15, 0.2) is 41.0 Å². The number of allylic oxidation sites excluding steroid dienone is 2. The maximum absolute atomic E-state index is 11.4. The Morgan fingerprint density at radius 1 is 1.38 bits per heavy atom. The fraction of sp³-hybridized carbons (Fsp3) is 0.231. The number of carbonyl (C=O) groups excluding carboxylic acids is 1. The monoisotopic (exact) mass is 212 g/mol. The molecule has 1 atom stereocenters. The highest BCUT2D eigenvalue weighted by molar-refractivity contribution is 5.91. The van der Waals surface area contributed by atoms with Crippen molar-refractivity contribution in [2.45, 2.75) is 12.8 Å². The number of fused-ring (bicyclic) bond motifs is 2. The first-order valence-electron chi connectivity index (χ1n) is 5.45. The number of nitrogens with two attached hydrogens (primary N) is 1. The Kier molecular flexibility index (Phi) is 1.93. The summed E-state index contributed by atoms with van der Waals surface area (Å²) in [5.41, 5.74) is 7.42. The molecule has 1 aromatic rings. The van der Waals surface area contributed by atoms with Crippen molar-refractivity contribution in [3.8, 4) is 0 Å². The number of benzene rings is 1. The Labute approximate surface area is 93.0 Å². The lowest BCUT2D eigenvalue weighted by molar-refractivity contribution is -0.120. The predicted octanol–water partition coefficient (Wildman–Crippen LogP) is 0.250. The lowest BCUT2D eigenvalue weighted by Gasteiger charge is -2.19. The van der Waals surface area contributed by atoms with Crippen LogP contribution in [0.3, 0.4) is 0 Å². The Morgan fingerprint density at radius 3 is 3.00 bits per heavy atom. The van der Waals surface area contributed by atoms with E-state index in [0.717, 1.165) is 34.7 Å². The molecule has 1 heterocycles. The summed E-state index contributed by atoms with van der Waals surface area (Å²) in [5, 5.41) is 2.02. The van der Waals surface area contributed by atoms with Crippen molar-refractivity contribution in [1.29, 1.82) is 0 Å². The zero-order valence-corrected chi connectivity index (χ0v) is 8.81. The van der Waals surface area contributed by atoms with Crippen LogP contribution in [0.1, 0.15) is 12.8 Å². The van der Waals surface area contributed by atoms with Crippen LogP contribution in [-0.2, 0) is 4.79 Å². The largest absolute Gasteiger partial charge is 0.369 e. The molecule has 3 heteroatoms. The second kappa shape index (κ2) is 3.30. The molecule has 0 radical (unpaired) electrons. The van der Waals surface area contributed by atoms with E-state index in [1.54, 1.807) is 0 Å². The number of hydrogen-bond donors (Lipinski definition) is 1. The average molecular weight is 212 g/mol. The second-order valence-electron chi connectivity index (χ2n) is 4.16. The van der Waals surface area contributed by atoms with Crippen molar-refractivity contribution < 1.29 is 4.79 Å². The van der Waals surface area contributed by atoms with Gasteiger partial charge in [-0.1, -0.05) is 24.3 Å². The summed E-state index contributed by atoms with van der Waals surface area (Å²) >= 11 is 0. The number of primary amides is 1. The minimum atomic E-state index is -0.243. The molecular formula is C13H12N2O. The van der Waals surface area contributed by atoms with E-state index in [4.69, 9.17) is 5.73 Å². The van der Waals surface area contributed by atoms with Crippen LogP contribution in [0, 0.1) is 5.92 Å². The van der Waals surface area contributed by atoms with Gasteiger partial charge in [0, 0.05) is 5.22 Å². The molecule has 1 amide bonds. The van der Waals surface area contributed by atoms with Gasteiger partial charge in [0.05, 0.1) is 17.0 Å². The molecule has 1 aliphatic carbocycles. The number of amides is 1. The molecule has 0 aromatic heterocycles. The maximum atomic E-state index is 11.4. The van der Waals surface area contributed by atoms with Gasteiger partial charge in [0.1, 0.15) is 0 Å². The Balaban J connectivity index is 2.34. The highest BCUT2D eigenvalue weighted by Gasteiger charge is 2.28. The molecule has 0 saturated carbocycles. The summed E-state index contributed by atoms with van der Waals surface area (Å²) in [7, 11) is 0. The molecule has 1 unspecified atom stereocenters. The Bertz CT molecular complexity index is 613. The highest BCUT2D eigenvalue weighted by atomic mass is 16.1. The fourth-order valence-corrected chi connectivity index (χ4v) is 2.46. The molecule has 3 nitrogen and oxygen atoms in total. The van der Waals surface area contributed by atoms with E-state index < -0.39 is 0 Å². The molecule has 1 aromatic carbocycles. The van der Waals surface area contributed by atoms with Crippen molar-refractivity contribution in [1.82, 2.24) is 0 Å². The van der Waals surface area contributed by atoms with Crippen LogP contribution in [0.2, 0.25) is 0 Å². The van der Waals surface area contributed by atoms with Crippen LogP contribution >= 0.6 is 0 Å².